The zero-order chi connectivity index (χ0) is 10.7. The Kier molecular flexibility index (Phi) is 2.40. The van der Waals surface area contributed by atoms with Gasteiger partial charge < -0.3 is 5.73 Å². The Morgan fingerprint density at radius 2 is 1.93 bits per heavy atom. The molecule has 2 N–H and O–H groups in total. The number of nitrogens with zero attached hydrogens (tertiary/aromatic N) is 1. The molecular formula is C13H12N2. The highest BCUT2D eigenvalue weighted by Crippen LogP contribution is 2.31. The summed E-state index contributed by atoms with van der Waals surface area (Å²) in [4.78, 5) is 0. The number of rotatable bonds is 1. The molecule has 2 atom stereocenters. The predicted molar refractivity (Wildman–Crippen MR) is 60.0 cm³/mol. The lowest BCUT2D eigenvalue weighted by atomic mass is 9.78. The van der Waals surface area contributed by atoms with Crippen LogP contribution in [0.5, 0.6) is 0 Å². The van der Waals surface area contributed by atoms with Gasteiger partial charge >= 0.3 is 0 Å². The second kappa shape index (κ2) is 3.72. The topological polar surface area (TPSA) is 49.8 Å². The minimum Gasteiger partial charge on any atom is -0.309 e. The quantitative estimate of drug-likeness (QED) is 0.747. The molecule has 0 fully saturated rings. The zero-order valence-corrected chi connectivity index (χ0v) is 8.30. The van der Waals surface area contributed by atoms with E-state index in [1.54, 1.807) is 6.08 Å². The fraction of sp³-hybridized carbons (Fsp3) is 0.154. The first-order valence-electron chi connectivity index (χ1n) is 4.87. The lowest BCUT2D eigenvalue weighted by molar-refractivity contribution is 0.591. The maximum atomic E-state index is 9.12. The van der Waals surface area contributed by atoms with Crippen molar-refractivity contribution in [1.29, 1.82) is 5.26 Å². The highest BCUT2D eigenvalue weighted by Gasteiger charge is 2.33. The van der Waals surface area contributed by atoms with Crippen LogP contribution >= 0.6 is 0 Å². The molecular weight excluding hydrogens is 184 g/mol. The minimum atomic E-state index is -0.921. The highest BCUT2D eigenvalue weighted by molar-refractivity contribution is 5.41. The molecule has 1 aromatic carbocycles. The van der Waals surface area contributed by atoms with E-state index in [9.17, 15) is 0 Å². The Balaban J connectivity index is 2.42. The molecule has 0 saturated carbocycles. The van der Waals surface area contributed by atoms with Crippen molar-refractivity contribution in [3.63, 3.8) is 0 Å². The van der Waals surface area contributed by atoms with Gasteiger partial charge in [0.1, 0.15) is 5.54 Å². The van der Waals surface area contributed by atoms with Crippen LogP contribution in [0.15, 0.2) is 54.6 Å². The normalized spacial score (nSPS) is 28.7. The van der Waals surface area contributed by atoms with E-state index in [1.165, 1.54) is 0 Å². The van der Waals surface area contributed by atoms with Gasteiger partial charge in [-0.3, -0.25) is 0 Å². The third kappa shape index (κ3) is 1.70. The lowest BCUT2D eigenvalue weighted by Gasteiger charge is -2.28. The summed E-state index contributed by atoms with van der Waals surface area (Å²) in [6, 6.07) is 12.0. The van der Waals surface area contributed by atoms with Gasteiger partial charge in [-0.1, -0.05) is 48.6 Å². The Labute approximate surface area is 89.3 Å². The summed E-state index contributed by atoms with van der Waals surface area (Å²) in [6.45, 7) is 0. The molecule has 15 heavy (non-hydrogen) atoms. The number of allylic oxidation sites excluding steroid dienone is 2. The third-order valence-corrected chi connectivity index (χ3v) is 2.65. The monoisotopic (exact) mass is 196 g/mol. The van der Waals surface area contributed by atoms with Crippen molar-refractivity contribution in [2.45, 2.75) is 11.5 Å². The van der Waals surface area contributed by atoms with Crippen LogP contribution in [0.1, 0.15) is 11.5 Å². The summed E-state index contributed by atoms with van der Waals surface area (Å²) in [7, 11) is 0. The average Bonchev–Trinajstić information content (AvgIpc) is 2.31. The van der Waals surface area contributed by atoms with Crippen molar-refractivity contribution in [2.75, 3.05) is 0 Å². The van der Waals surface area contributed by atoms with Gasteiger partial charge in [-0.05, 0) is 11.6 Å². The maximum Gasteiger partial charge on any atom is 0.133 e. The van der Waals surface area contributed by atoms with E-state index in [2.05, 4.69) is 6.07 Å². The first kappa shape index (κ1) is 9.70. The van der Waals surface area contributed by atoms with Crippen molar-refractivity contribution in [3.05, 3.63) is 60.2 Å². The van der Waals surface area contributed by atoms with Gasteiger partial charge in [0.15, 0.2) is 0 Å². The van der Waals surface area contributed by atoms with E-state index in [0.29, 0.717) is 0 Å². The standard InChI is InChI=1S/C13H12N2/c14-10-13(15)9-5-4-8-12(13)11-6-2-1-3-7-11/h1-9,12H,15H2. The van der Waals surface area contributed by atoms with E-state index in [-0.39, 0.29) is 5.92 Å². The fourth-order valence-electron chi connectivity index (χ4n) is 1.81. The highest BCUT2D eigenvalue weighted by atomic mass is 14.7. The van der Waals surface area contributed by atoms with Crippen molar-refractivity contribution < 1.29 is 0 Å². The van der Waals surface area contributed by atoms with Gasteiger partial charge in [0.2, 0.25) is 0 Å². The fourth-order valence-corrected chi connectivity index (χ4v) is 1.81. The molecule has 0 bridgehead atoms. The van der Waals surface area contributed by atoms with Crippen molar-refractivity contribution in [2.24, 2.45) is 5.73 Å². The van der Waals surface area contributed by atoms with Gasteiger partial charge in [0.05, 0.1) is 6.07 Å². The Bertz CT molecular complexity index is 439. The molecule has 0 amide bonds. The number of nitriles is 1. The number of benzene rings is 1. The van der Waals surface area contributed by atoms with Crippen molar-refractivity contribution >= 4 is 0 Å². The van der Waals surface area contributed by atoms with Crippen LogP contribution in [0.25, 0.3) is 0 Å². The third-order valence-electron chi connectivity index (χ3n) is 2.65. The van der Waals surface area contributed by atoms with E-state index in [1.807, 2.05) is 48.6 Å². The molecule has 2 rings (SSSR count). The molecule has 0 spiro atoms. The smallest absolute Gasteiger partial charge is 0.133 e. The minimum absolute atomic E-state index is 0.0614. The summed E-state index contributed by atoms with van der Waals surface area (Å²) in [6.07, 6.45) is 7.48. The van der Waals surface area contributed by atoms with Crippen LogP contribution in [-0.2, 0) is 0 Å². The molecule has 1 aromatic rings. The number of hydrogen-bond acceptors (Lipinski definition) is 2. The Morgan fingerprint density at radius 3 is 2.60 bits per heavy atom. The second-order valence-electron chi connectivity index (χ2n) is 3.68. The largest absolute Gasteiger partial charge is 0.309 e. The number of hydrogen-bond donors (Lipinski definition) is 1. The van der Waals surface area contributed by atoms with E-state index in [0.717, 1.165) is 5.56 Å². The van der Waals surface area contributed by atoms with Crippen LogP contribution in [0, 0.1) is 11.3 Å². The van der Waals surface area contributed by atoms with Crippen LogP contribution in [0.4, 0.5) is 0 Å². The average molecular weight is 196 g/mol. The first-order valence-corrected chi connectivity index (χ1v) is 4.87. The SMILES string of the molecule is N#CC1(N)C=CC=CC1c1ccccc1. The first-order chi connectivity index (χ1) is 7.26. The molecule has 0 heterocycles. The molecule has 0 saturated heterocycles. The summed E-state index contributed by atoms with van der Waals surface area (Å²) >= 11 is 0. The summed E-state index contributed by atoms with van der Waals surface area (Å²) in [5.41, 5.74) is 6.19. The van der Waals surface area contributed by atoms with E-state index in [4.69, 9.17) is 11.0 Å². The molecule has 0 aromatic heterocycles. The lowest BCUT2D eigenvalue weighted by Crippen LogP contribution is -2.42. The molecule has 2 unspecified atom stereocenters. The van der Waals surface area contributed by atoms with Gasteiger partial charge in [-0.25, -0.2) is 0 Å². The number of nitrogens with two attached hydrogens (primary N) is 1. The van der Waals surface area contributed by atoms with Gasteiger partial charge in [-0.2, -0.15) is 5.26 Å². The summed E-state index contributed by atoms with van der Waals surface area (Å²) in [5.74, 6) is -0.0614. The Hall–Kier alpha value is -1.85. The zero-order valence-electron chi connectivity index (χ0n) is 8.30. The molecule has 0 radical (unpaired) electrons. The second-order valence-corrected chi connectivity index (χ2v) is 3.68. The molecule has 1 aliphatic rings. The van der Waals surface area contributed by atoms with Crippen molar-refractivity contribution in [3.8, 4) is 6.07 Å². The molecule has 0 aliphatic heterocycles. The molecule has 74 valence electrons. The Morgan fingerprint density at radius 1 is 1.20 bits per heavy atom. The van der Waals surface area contributed by atoms with Crippen molar-refractivity contribution in [1.82, 2.24) is 0 Å². The van der Waals surface area contributed by atoms with E-state index >= 15 is 0 Å². The van der Waals surface area contributed by atoms with Crippen LogP contribution in [-0.4, -0.2) is 5.54 Å². The summed E-state index contributed by atoms with van der Waals surface area (Å²) < 4.78 is 0. The van der Waals surface area contributed by atoms with Gasteiger partial charge in [-0.15, -0.1) is 0 Å². The van der Waals surface area contributed by atoms with Crippen LogP contribution in [0.3, 0.4) is 0 Å². The molecule has 1 aliphatic carbocycles. The summed E-state index contributed by atoms with van der Waals surface area (Å²) in [5, 5.41) is 9.12. The van der Waals surface area contributed by atoms with Gasteiger partial charge in [0, 0.05) is 5.92 Å². The molecule has 2 nitrogen and oxygen atoms in total. The molecule has 2 heteroatoms. The van der Waals surface area contributed by atoms with E-state index < -0.39 is 5.54 Å². The maximum absolute atomic E-state index is 9.12. The predicted octanol–water partition coefficient (Wildman–Crippen LogP) is 2.12. The van der Waals surface area contributed by atoms with Gasteiger partial charge in [0.25, 0.3) is 0 Å². The van der Waals surface area contributed by atoms with Crippen LogP contribution < -0.4 is 5.73 Å². The van der Waals surface area contributed by atoms with Crippen LogP contribution in [0.2, 0.25) is 0 Å².